The van der Waals surface area contributed by atoms with Crippen LogP contribution in [0.5, 0.6) is 0 Å². The number of anilines is 1. The van der Waals surface area contributed by atoms with E-state index in [1.54, 1.807) is 18.0 Å². The number of nitrogens with zero attached hydrogens (tertiary/aromatic N) is 3. The van der Waals surface area contributed by atoms with E-state index >= 15 is 0 Å². The minimum absolute atomic E-state index is 0.0307. The zero-order valence-electron chi connectivity index (χ0n) is 10.4. The molecule has 1 aromatic carbocycles. The molecule has 1 unspecified atom stereocenters. The Balaban J connectivity index is 1.97. The minimum Gasteiger partial charge on any atom is -0.358 e. The van der Waals surface area contributed by atoms with Gasteiger partial charge in [-0.15, -0.1) is 0 Å². The Morgan fingerprint density at radius 1 is 1.42 bits per heavy atom. The molecule has 1 fully saturated rings. The second-order valence-electron chi connectivity index (χ2n) is 4.63. The van der Waals surface area contributed by atoms with Crippen molar-refractivity contribution >= 4 is 22.6 Å². The topological polar surface area (TPSA) is 58.1 Å². The first kappa shape index (κ1) is 11.8. The van der Waals surface area contributed by atoms with Gasteiger partial charge < -0.3 is 10.2 Å². The van der Waals surface area contributed by atoms with E-state index in [-0.39, 0.29) is 17.8 Å². The number of benzene rings is 1. The summed E-state index contributed by atoms with van der Waals surface area (Å²) in [6, 6.07) is 4.03. The molecule has 1 amide bonds. The van der Waals surface area contributed by atoms with Crippen molar-refractivity contribution in [2.24, 2.45) is 0 Å². The first-order chi connectivity index (χ1) is 9.15. The standard InChI is InChI=1S/C13H13FN4O/c1-18-5-4-11(13(18)19)17-12-9-6-8(14)2-3-10(9)15-7-16-12/h2-3,6-7,11H,4-5H2,1H3,(H,15,16,17). The number of amides is 1. The summed E-state index contributed by atoms with van der Waals surface area (Å²) in [5.74, 6) is 0.182. The third kappa shape index (κ3) is 2.09. The summed E-state index contributed by atoms with van der Waals surface area (Å²) in [5.41, 5.74) is 0.651. The fraction of sp³-hybridized carbons (Fsp3) is 0.308. The molecule has 6 heteroatoms. The van der Waals surface area contributed by atoms with Crippen LogP contribution < -0.4 is 5.32 Å². The lowest BCUT2D eigenvalue weighted by molar-refractivity contribution is -0.127. The number of aromatic nitrogens is 2. The molecule has 1 saturated heterocycles. The van der Waals surface area contributed by atoms with E-state index in [1.165, 1.54) is 18.5 Å². The summed E-state index contributed by atoms with van der Waals surface area (Å²) in [7, 11) is 1.77. The van der Waals surface area contributed by atoms with Crippen LogP contribution >= 0.6 is 0 Å². The van der Waals surface area contributed by atoms with Gasteiger partial charge in [0.05, 0.1) is 5.52 Å². The largest absolute Gasteiger partial charge is 0.358 e. The monoisotopic (exact) mass is 260 g/mol. The van der Waals surface area contributed by atoms with Crippen LogP contribution in [0.2, 0.25) is 0 Å². The zero-order valence-corrected chi connectivity index (χ0v) is 10.4. The van der Waals surface area contributed by atoms with Crippen molar-refractivity contribution in [1.82, 2.24) is 14.9 Å². The highest BCUT2D eigenvalue weighted by Gasteiger charge is 2.29. The molecular formula is C13H13FN4O. The Hall–Kier alpha value is -2.24. The molecule has 2 heterocycles. The van der Waals surface area contributed by atoms with Crippen molar-refractivity contribution in [2.45, 2.75) is 12.5 Å². The molecule has 19 heavy (non-hydrogen) atoms. The van der Waals surface area contributed by atoms with Gasteiger partial charge in [-0.1, -0.05) is 0 Å². The average Bonchev–Trinajstić information content (AvgIpc) is 2.71. The second kappa shape index (κ2) is 4.46. The van der Waals surface area contributed by atoms with Crippen LogP contribution in [0.15, 0.2) is 24.5 Å². The number of halogens is 1. The van der Waals surface area contributed by atoms with E-state index < -0.39 is 0 Å². The van der Waals surface area contributed by atoms with Crippen LogP contribution in [-0.4, -0.2) is 40.4 Å². The minimum atomic E-state index is -0.347. The molecule has 3 rings (SSSR count). The number of hydrogen-bond acceptors (Lipinski definition) is 4. The van der Waals surface area contributed by atoms with Crippen molar-refractivity contribution in [3.63, 3.8) is 0 Å². The van der Waals surface area contributed by atoms with Crippen molar-refractivity contribution in [3.8, 4) is 0 Å². The second-order valence-corrected chi connectivity index (χ2v) is 4.63. The van der Waals surface area contributed by atoms with E-state index in [0.29, 0.717) is 23.3 Å². The van der Waals surface area contributed by atoms with Crippen LogP contribution in [0.1, 0.15) is 6.42 Å². The van der Waals surface area contributed by atoms with Crippen LogP contribution in [0, 0.1) is 5.82 Å². The predicted octanol–water partition coefficient (Wildman–Crippen LogP) is 1.41. The van der Waals surface area contributed by atoms with E-state index in [2.05, 4.69) is 15.3 Å². The van der Waals surface area contributed by atoms with E-state index in [4.69, 9.17) is 0 Å². The van der Waals surface area contributed by atoms with Gasteiger partial charge in [0.2, 0.25) is 5.91 Å². The van der Waals surface area contributed by atoms with Gasteiger partial charge in [0.15, 0.2) is 0 Å². The molecule has 2 aromatic rings. The number of hydrogen-bond donors (Lipinski definition) is 1. The third-order valence-corrected chi connectivity index (χ3v) is 3.34. The summed E-state index contributed by atoms with van der Waals surface area (Å²) < 4.78 is 13.3. The molecule has 1 N–H and O–H groups in total. The maximum atomic E-state index is 13.3. The molecule has 1 aliphatic heterocycles. The van der Waals surface area contributed by atoms with Gasteiger partial charge in [-0.25, -0.2) is 14.4 Å². The van der Waals surface area contributed by atoms with Crippen molar-refractivity contribution < 1.29 is 9.18 Å². The molecule has 5 nitrogen and oxygen atoms in total. The smallest absolute Gasteiger partial charge is 0.244 e. The SMILES string of the molecule is CN1CCC(Nc2ncnc3ccc(F)cc23)C1=O. The maximum absolute atomic E-state index is 13.3. The summed E-state index contributed by atoms with van der Waals surface area (Å²) in [4.78, 5) is 21.7. The number of likely N-dealkylation sites (tertiary alicyclic amines) is 1. The molecule has 0 spiro atoms. The number of nitrogens with one attached hydrogen (secondary N) is 1. The highest BCUT2D eigenvalue weighted by molar-refractivity contribution is 5.92. The summed E-state index contributed by atoms with van der Waals surface area (Å²) in [6.45, 7) is 0.716. The quantitative estimate of drug-likeness (QED) is 0.887. The summed E-state index contributed by atoms with van der Waals surface area (Å²) >= 11 is 0. The number of rotatable bonds is 2. The van der Waals surface area contributed by atoms with Crippen LogP contribution in [0.25, 0.3) is 10.9 Å². The molecule has 0 radical (unpaired) electrons. The number of fused-ring (bicyclic) bond motifs is 1. The van der Waals surface area contributed by atoms with Gasteiger partial charge in [-0.2, -0.15) is 0 Å². The summed E-state index contributed by atoms with van der Waals surface area (Å²) in [5, 5.41) is 3.67. The normalized spacial score (nSPS) is 19.2. The van der Waals surface area contributed by atoms with Gasteiger partial charge >= 0.3 is 0 Å². The molecule has 0 saturated carbocycles. The Labute approximate surface area is 109 Å². The Morgan fingerprint density at radius 2 is 2.26 bits per heavy atom. The van der Waals surface area contributed by atoms with Gasteiger partial charge in [0.25, 0.3) is 0 Å². The molecule has 1 atom stereocenters. The number of likely N-dealkylation sites (N-methyl/N-ethyl adjacent to an activating group) is 1. The van der Waals surface area contributed by atoms with Crippen molar-refractivity contribution in [3.05, 3.63) is 30.3 Å². The van der Waals surface area contributed by atoms with E-state index in [1.807, 2.05) is 0 Å². The summed E-state index contributed by atoms with van der Waals surface area (Å²) in [6.07, 6.45) is 2.13. The maximum Gasteiger partial charge on any atom is 0.244 e. The molecule has 0 bridgehead atoms. The molecular weight excluding hydrogens is 247 g/mol. The molecule has 1 aliphatic rings. The van der Waals surface area contributed by atoms with Gasteiger partial charge in [0.1, 0.15) is 24.0 Å². The molecule has 1 aromatic heterocycles. The Morgan fingerprint density at radius 3 is 3.00 bits per heavy atom. The lowest BCUT2D eigenvalue weighted by Gasteiger charge is -2.14. The van der Waals surface area contributed by atoms with Gasteiger partial charge in [0, 0.05) is 19.0 Å². The first-order valence-corrected chi connectivity index (χ1v) is 6.07. The Bertz CT molecular complexity index is 646. The van der Waals surface area contributed by atoms with Crippen LogP contribution in [0.4, 0.5) is 10.2 Å². The molecule has 98 valence electrons. The predicted molar refractivity (Wildman–Crippen MR) is 69.2 cm³/mol. The number of carbonyl (C=O) groups excluding carboxylic acids is 1. The highest BCUT2D eigenvalue weighted by Crippen LogP contribution is 2.22. The van der Waals surface area contributed by atoms with E-state index in [9.17, 15) is 9.18 Å². The lowest BCUT2D eigenvalue weighted by Crippen LogP contribution is -2.31. The van der Waals surface area contributed by atoms with Crippen molar-refractivity contribution in [2.75, 3.05) is 18.9 Å². The molecule has 0 aliphatic carbocycles. The third-order valence-electron chi connectivity index (χ3n) is 3.34. The fourth-order valence-corrected chi connectivity index (χ4v) is 2.27. The fourth-order valence-electron chi connectivity index (χ4n) is 2.27. The number of carbonyl (C=O) groups is 1. The van der Waals surface area contributed by atoms with E-state index in [0.717, 1.165) is 6.42 Å². The lowest BCUT2D eigenvalue weighted by atomic mass is 10.2. The van der Waals surface area contributed by atoms with Crippen molar-refractivity contribution in [1.29, 1.82) is 0 Å². The Kier molecular flexibility index (Phi) is 2.77. The van der Waals surface area contributed by atoms with Gasteiger partial charge in [-0.3, -0.25) is 4.79 Å². The van der Waals surface area contributed by atoms with Crippen LogP contribution in [-0.2, 0) is 4.79 Å². The zero-order chi connectivity index (χ0) is 13.4. The highest BCUT2D eigenvalue weighted by atomic mass is 19.1. The van der Waals surface area contributed by atoms with Crippen LogP contribution in [0.3, 0.4) is 0 Å². The first-order valence-electron chi connectivity index (χ1n) is 6.07. The van der Waals surface area contributed by atoms with Gasteiger partial charge in [-0.05, 0) is 24.6 Å². The average molecular weight is 260 g/mol.